The highest BCUT2D eigenvalue weighted by Gasteiger charge is 2.32. The maximum atomic E-state index is 12.5. The third-order valence-corrected chi connectivity index (χ3v) is 3.44. The topological polar surface area (TPSA) is 83.8 Å². The summed E-state index contributed by atoms with van der Waals surface area (Å²) in [7, 11) is 0. The van der Waals surface area contributed by atoms with Crippen LogP contribution in [-0.4, -0.2) is 20.9 Å². The third kappa shape index (κ3) is 3.70. The molecule has 0 bridgehead atoms. The second-order valence-electron chi connectivity index (χ2n) is 5.28. The lowest BCUT2D eigenvalue weighted by molar-refractivity contribution is -0.137. The fourth-order valence-corrected chi connectivity index (χ4v) is 2.19. The van der Waals surface area contributed by atoms with Gasteiger partial charge in [-0.15, -0.1) is 0 Å². The number of aromatic amines is 1. The van der Waals surface area contributed by atoms with E-state index in [1.165, 1.54) is 0 Å². The summed E-state index contributed by atoms with van der Waals surface area (Å²) in [5.74, 6) is -0.0386. The van der Waals surface area contributed by atoms with Crippen LogP contribution in [0.15, 0.2) is 41.3 Å². The van der Waals surface area contributed by atoms with Crippen LogP contribution >= 0.6 is 0 Å². The summed E-state index contributed by atoms with van der Waals surface area (Å²) in [6.07, 6.45) is -0.655. The van der Waals surface area contributed by atoms with Gasteiger partial charge in [0.2, 0.25) is 0 Å². The number of imidazole rings is 1. The molecule has 9 heteroatoms. The monoisotopic (exact) mass is 350 g/mol. The molecular formula is C16H13F3N4O2. The van der Waals surface area contributed by atoms with Gasteiger partial charge < -0.3 is 14.7 Å². The molecule has 3 rings (SSSR count). The predicted octanol–water partition coefficient (Wildman–Crippen LogP) is 3.32. The maximum absolute atomic E-state index is 12.5. The Morgan fingerprint density at radius 2 is 2.20 bits per heavy atom. The van der Waals surface area contributed by atoms with Gasteiger partial charge in [0.1, 0.15) is 23.5 Å². The number of nitrogens with one attached hydrogen (secondary N) is 2. The summed E-state index contributed by atoms with van der Waals surface area (Å²) in [5.41, 5.74) is 0.505. The van der Waals surface area contributed by atoms with Crippen molar-refractivity contribution >= 4 is 5.91 Å². The molecule has 3 heterocycles. The Labute approximate surface area is 140 Å². The van der Waals surface area contributed by atoms with Crippen LogP contribution in [0.25, 0.3) is 11.4 Å². The maximum Gasteiger partial charge on any atom is 0.419 e. The second kappa shape index (κ2) is 6.42. The molecule has 0 aliphatic rings. The molecule has 0 radical (unpaired) electrons. The van der Waals surface area contributed by atoms with E-state index < -0.39 is 17.6 Å². The number of pyridine rings is 1. The average molecular weight is 350 g/mol. The molecule has 2 N–H and O–H groups in total. The van der Waals surface area contributed by atoms with E-state index in [-0.39, 0.29) is 18.0 Å². The average Bonchev–Trinajstić information content (AvgIpc) is 3.20. The minimum absolute atomic E-state index is 0.00125. The van der Waals surface area contributed by atoms with Crippen molar-refractivity contribution < 1.29 is 22.4 Å². The van der Waals surface area contributed by atoms with Crippen molar-refractivity contribution in [3.05, 3.63) is 59.6 Å². The Kier molecular flexibility index (Phi) is 4.30. The Hall–Kier alpha value is -3.10. The minimum atomic E-state index is -4.48. The molecule has 0 atom stereocenters. The molecule has 3 aromatic rings. The van der Waals surface area contributed by atoms with E-state index in [2.05, 4.69) is 20.3 Å². The molecule has 0 saturated carbocycles. The predicted molar refractivity (Wildman–Crippen MR) is 81.4 cm³/mol. The zero-order valence-electron chi connectivity index (χ0n) is 13.0. The first-order valence-corrected chi connectivity index (χ1v) is 7.24. The molecule has 0 aromatic carbocycles. The van der Waals surface area contributed by atoms with Crippen molar-refractivity contribution in [3.8, 4) is 11.4 Å². The Morgan fingerprint density at radius 1 is 1.40 bits per heavy atom. The van der Waals surface area contributed by atoms with Gasteiger partial charge >= 0.3 is 6.18 Å². The van der Waals surface area contributed by atoms with E-state index in [0.717, 1.165) is 6.07 Å². The number of alkyl halides is 3. The Morgan fingerprint density at radius 3 is 2.84 bits per heavy atom. The smallest absolute Gasteiger partial charge is 0.419 e. The number of H-pyrrole nitrogens is 1. The number of hydrogen-bond acceptors (Lipinski definition) is 4. The van der Waals surface area contributed by atoms with E-state index in [4.69, 9.17) is 4.42 Å². The van der Waals surface area contributed by atoms with Crippen LogP contribution in [0.1, 0.15) is 27.5 Å². The normalized spacial score (nSPS) is 11.5. The fourth-order valence-electron chi connectivity index (χ4n) is 2.19. The number of aromatic nitrogens is 3. The SMILES string of the molecule is Cc1[nH]c(-c2cccnc2)nc1C(=O)NCc1cc(C(F)(F)F)co1. The first kappa shape index (κ1) is 16.7. The number of carbonyl (C=O) groups excluding carboxylic acids is 1. The highest BCUT2D eigenvalue weighted by Crippen LogP contribution is 2.30. The lowest BCUT2D eigenvalue weighted by atomic mass is 10.3. The number of amides is 1. The number of aryl methyl sites for hydroxylation is 1. The van der Waals surface area contributed by atoms with Crippen molar-refractivity contribution in [3.63, 3.8) is 0 Å². The lowest BCUT2D eigenvalue weighted by Gasteiger charge is -2.01. The zero-order valence-corrected chi connectivity index (χ0v) is 13.0. The largest absolute Gasteiger partial charge is 0.467 e. The Bertz CT molecular complexity index is 884. The van der Waals surface area contributed by atoms with Gasteiger partial charge in [0.05, 0.1) is 12.1 Å². The zero-order chi connectivity index (χ0) is 18.0. The van der Waals surface area contributed by atoms with Crippen molar-refractivity contribution in [1.29, 1.82) is 0 Å². The molecule has 0 saturated heterocycles. The summed E-state index contributed by atoms with van der Waals surface area (Å²) < 4.78 is 42.4. The van der Waals surface area contributed by atoms with E-state index in [0.29, 0.717) is 23.3 Å². The van der Waals surface area contributed by atoms with Gasteiger partial charge in [-0.25, -0.2) is 4.98 Å². The molecule has 3 aromatic heterocycles. The number of furan rings is 1. The van der Waals surface area contributed by atoms with Crippen molar-refractivity contribution in [2.45, 2.75) is 19.6 Å². The molecule has 0 unspecified atom stereocenters. The number of halogens is 3. The van der Waals surface area contributed by atoms with Crippen molar-refractivity contribution in [2.24, 2.45) is 0 Å². The van der Waals surface area contributed by atoms with Crippen LogP contribution in [0.4, 0.5) is 13.2 Å². The minimum Gasteiger partial charge on any atom is -0.467 e. The van der Waals surface area contributed by atoms with E-state index >= 15 is 0 Å². The van der Waals surface area contributed by atoms with Crippen LogP contribution in [0.5, 0.6) is 0 Å². The first-order chi connectivity index (χ1) is 11.8. The van der Waals surface area contributed by atoms with Gasteiger partial charge in [-0.2, -0.15) is 13.2 Å². The Balaban J connectivity index is 1.70. The van der Waals surface area contributed by atoms with Crippen molar-refractivity contribution in [2.75, 3.05) is 0 Å². The first-order valence-electron chi connectivity index (χ1n) is 7.24. The number of rotatable bonds is 4. The molecule has 6 nitrogen and oxygen atoms in total. The number of carbonyl (C=O) groups is 1. The molecule has 0 fully saturated rings. The van der Waals surface area contributed by atoms with Crippen LogP contribution in [-0.2, 0) is 12.7 Å². The molecule has 0 spiro atoms. The van der Waals surface area contributed by atoms with Crippen LogP contribution in [0.3, 0.4) is 0 Å². The highest BCUT2D eigenvalue weighted by molar-refractivity contribution is 5.94. The second-order valence-corrected chi connectivity index (χ2v) is 5.28. The van der Waals surface area contributed by atoms with Gasteiger partial charge in [0.25, 0.3) is 5.91 Å². The van der Waals surface area contributed by atoms with Gasteiger partial charge in [-0.05, 0) is 25.1 Å². The fraction of sp³-hybridized carbons (Fsp3) is 0.188. The quantitative estimate of drug-likeness (QED) is 0.756. The molecule has 1 amide bonds. The number of nitrogens with zero attached hydrogens (tertiary/aromatic N) is 2. The molecule has 0 aliphatic carbocycles. The van der Waals surface area contributed by atoms with Crippen LogP contribution < -0.4 is 5.32 Å². The molecule has 130 valence electrons. The summed E-state index contributed by atoms with van der Waals surface area (Å²) in [5, 5.41) is 2.49. The summed E-state index contributed by atoms with van der Waals surface area (Å²) in [6, 6.07) is 4.37. The third-order valence-electron chi connectivity index (χ3n) is 3.44. The van der Waals surface area contributed by atoms with Crippen LogP contribution in [0, 0.1) is 6.92 Å². The van der Waals surface area contributed by atoms with Gasteiger partial charge in [0.15, 0.2) is 0 Å². The van der Waals surface area contributed by atoms with E-state index in [9.17, 15) is 18.0 Å². The molecule has 0 aliphatic heterocycles. The molecular weight excluding hydrogens is 337 g/mol. The van der Waals surface area contributed by atoms with Crippen LogP contribution in [0.2, 0.25) is 0 Å². The van der Waals surface area contributed by atoms with Crippen molar-refractivity contribution in [1.82, 2.24) is 20.3 Å². The van der Waals surface area contributed by atoms with Gasteiger partial charge in [-0.3, -0.25) is 9.78 Å². The number of hydrogen-bond donors (Lipinski definition) is 2. The van der Waals surface area contributed by atoms with E-state index in [1.54, 1.807) is 31.5 Å². The standard InChI is InChI=1S/C16H13F3N4O2/c1-9-13(23-14(22-9)10-3-2-4-20-6-10)15(24)21-7-12-5-11(8-25-12)16(17,18)19/h2-6,8H,7H2,1H3,(H,21,24)(H,22,23). The van der Waals surface area contributed by atoms with Gasteiger partial charge in [0, 0.05) is 23.7 Å². The lowest BCUT2D eigenvalue weighted by Crippen LogP contribution is -2.23. The summed E-state index contributed by atoms with van der Waals surface area (Å²) >= 11 is 0. The van der Waals surface area contributed by atoms with Gasteiger partial charge in [-0.1, -0.05) is 0 Å². The summed E-state index contributed by atoms with van der Waals surface area (Å²) in [4.78, 5) is 23.4. The summed E-state index contributed by atoms with van der Waals surface area (Å²) in [6.45, 7) is 1.50. The van der Waals surface area contributed by atoms with E-state index in [1.807, 2.05) is 0 Å². The molecule has 25 heavy (non-hydrogen) atoms. The highest BCUT2D eigenvalue weighted by atomic mass is 19.4.